The minimum atomic E-state index is -0.813. The van der Waals surface area contributed by atoms with Crippen LogP contribution in [-0.2, 0) is 14.3 Å². The fourth-order valence-corrected chi connectivity index (χ4v) is 0.441. The van der Waals surface area contributed by atoms with Crippen LogP contribution in [0.25, 0.3) is 0 Å². The number of carbonyl (C=O) groups excluding carboxylic acids is 2. The molecule has 62 valence electrons. The SMILES string of the molecule is CC(=O)OC(=O)C(N)CS.[MgH2]. The first kappa shape index (κ1) is 13.8. The molecule has 0 rings (SSSR count). The Bertz CT molecular complexity index is 153. The summed E-state index contributed by atoms with van der Waals surface area (Å²) in [5, 5.41) is 0. The molecular weight excluding hydrogens is 178 g/mol. The predicted molar refractivity (Wildman–Crippen MR) is 47.1 cm³/mol. The van der Waals surface area contributed by atoms with Crippen molar-refractivity contribution in [3.63, 3.8) is 0 Å². The molecule has 0 aliphatic heterocycles. The second-order valence-corrected chi connectivity index (χ2v) is 2.07. The van der Waals surface area contributed by atoms with Crippen molar-refractivity contribution in [2.45, 2.75) is 13.0 Å². The number of ether oxygens (including phenoxy) is 1. The number of rotatable bonds is 2. The Kier molecular flexibility index (Phi) is 8.64. The van der Waals surface area contributed by atoms with Crippen LogP contribution in [0, 0.1) is 0 Å². The van der Waals surface area contributed by atoms with Crippen LogP contribution in [0.1, 0.15) is 6.92 Å². The van der Waals surface area contributed by atoms with E-state index in [0.717, 1.165) is 6.92 Å². The number of carbonyl (C=O) groups is 2. The lowest BCUT2D eigenvalue weighted by Gasteiger charge is -2.04. The number of hydrogen-bond donors (Lipinski definition) is 2. The fraction of sp³-hybridized carbons (Fsp3) is 0.600. The van der Waals surface area contributed by atoms with Crippen molar-refractivity contribution >= 4 is 47.6 Å². The summed E-state index contributed by atoms with van der Waals surface area (Å²) in [5.41, 5.74) is 5.16. The third-order valence-electron chi connectivity index (χ3n) is 0.744. The van der Waals surface area contributed by atoms with E-state index in [1.54, 1.807) is 0 Å². The van der Waals surface area contributed by atoms with E-state index in [-0.39, 0.29) is 28.8 Å². The molecule has 0 saturated carbocycles. The largest absolute Gasteiger partial charge is 0.392 e. The van der Waals surface area contributed by atoms with Gasteiger partial charge >= 0.3 is 35.0 Å². The van der Waals surface area contributed by atoms with E-state index >= 15 is 0 Å². The Labute approximate surface area is 86.4 Å². The molecule has 0 fully saturated rings. The van der Waals surface area contributed by atoms with Crippen LogP contribution >= 0.6 is 12.6 Å². The second-order valence-electron chi connectivity index (χ2n) is 1.70. The van der Waals surface area contributed by atoms with Gasteiger partial charge in [-0.2, -0.15) is 12.6 Å². The Hall–Kier alpha value is 0.216. The van der Waals surface area contributed by atoms with Crippen molar-refractivity contribution < 1.29 is 14.3 Å². The molecule has 0 heterocycles. The highest BCUT2D eigenvalue weighted by molar-refractivity contribution is 7.80. The van der Waals surface area contributed by atoms with Crippen LogP contribution < -0.4 is 5.73 Å². The van der Waals surface area contributed by atoms with Crippen molar-refractivity contribution in [1.29, 1.82) is 0 Å². The van der Waals surface area contributed by atoms with Gasteiger partial charge in [-0.1, -0.05) is 0 Å². The standard InChI is InChI=1S/C5H9NO3S.Mg.2H/c1-3(7)9-5(8)4(6)2-10;;;/h4,10H,2,6H2,1H3;;;. The first-order valence-electron chi connectivity index (χ1n) is 2.66. The van der Waals surface area contributed by atoms with Gasteiger partial charge in [0.1, 0.15) is 6.04 Å². The van der Waals surface area contributed by atoms with Gasteiger partial charge in [0, 0.05) is 12.7 Å². The average molecular weight is 190 g/mol. The summed E-state index contributed by atoms with van der Waals surface area (Å²) in [6.07, 6.45) is 0. The smallest absolute Gasteiger partial charge is 0.331 e. The molecule has 0 aromatic carbocycles. The van der Waals surface area contributed by atoms with Crippen LogP contribution in [0.15, 0.2) is 0 Å². The maximum Gasteiger partial charge on any atom is 0.331 e. The van der Waals surface area contributed by atoms with E-state index in [1.807, 2.05) is 0 Å². The summed E-state index contributed by atoms with van der Waals surface area (Å²) < 4.78 is 4.15. The molecule has 2 N–H and O–H groups in total. The van der Waals surface area contributed by atoms with E-state index < -0.39 is 18.0 Å². The summed E-state index contributed by atoms with van der Waals surface area (Å²) in [5.74, 6) is -1.21. The minimum Gasteiger partial charge on any atom is -0.392 e. The van der Waals surface area contributed by atoms with E-state index in [4.69, 9.17) is 5.73 Å². The van der Waals surface area contributed by atoms with E-state index in [9.17, 15) is 9.59 Å². The molecule has 0 radical (unpaired) electrons. The van der Waals surface area contributed by atoms with Crippen molar-refractivity contribution in [2.75, 3.05) is 5.75 Å². The Morgan fingerprint density at radius 1 is 1.64 bits per heavy atom. The number of thiol groups is 1. The molecule has 0 aliphatic carbocycles. The molecule has 0 spiro atoms. The van der Waals surface area contributed by atoms with Gasteiger partial charge in [0.05, 0.1) is 0 Å². The maximum absolute atomic E-state index is 10.6. The van der Waals surface area contributed by atoms with Gasteiger partial charge in [-0.15, -0.1) is 0 Å². The summed E-state index contributed by atoms with van der Waals surface area (Å²) in [4.78, 5) is 20.7. The quantitative estimate of drug-likeness (QED) is 0.238. The van der Waals surface area contributed by atoms with Crippen LogP contribution in [0.4, 0.5) is 0 Å². The monoisotopic (exact) mass is 189 g/mol. The first-order valence-corrected chi connectivity index (χ1v) is 3.30. The molecule has 0 saturated heterocycles. The van der Waals surface area contributed by atoms with Crippen molar-refractivity contribution in [2.24, 2.45) is 5.73 Å². The summed E-state index contributed by atoms with van der Waals surface area (Å²) in [6.45, 7) is 1.14. The number of nitrogens with two attached hydrogens (primary N) is 1. The lowest BCUT2D eigenvalue weighted by molar-refractivity contribution is -0.158. The zero-order chi connectivity index (χ0) is 8.15. The van der Waals surface area contributed by atoms with Gasteiger partial charge in [0.15, 0.2) is 0 Å². The van der Waals surface area contributed by atoms with Crippen LogP contribution in [0.2, 0.25) is 0 Å². The summed E-state index contributed by atoms with van der Waals surface area (Å²) >= 11 is 3.74. The third-order valence-corrected chi connectivity index (χ3v) is 1.14. The highest BCUT2D eigenvalue weighted by Gasteiger charge is 2.14. The molecule has 11 heavy (non-hydrogen) atoms. The average Bonchev–Trinajstić information content (AvgIpc) is 1.85. The minimum absolute atomic E-state index is 0. The third kappa shape index (κ3) is 6.61. The van der Waals surface area contributed by atoms with Crippen LogP contribution in [0.5, 0.6) is 0 Å². The van der Waals surface area contributed by atoms with Crippen molar-refractivity contribution in [1.82, 2.24) is 0 Å². The van der Waals surface area contributed by atoms with E-state index in [1.165, 1.54) is 0 Å². The van der Waals surface area contributed by atoms with Gasteiger partial charge in [-0.25, -0.2) is 4.79 Å². The Morgan fingerprint density at radius 3 is 2.36 bits per heavy atom. The maximum atomic E-state index is 10.6. The van der Waals surface area contributed by atoms with Gasteiger partial charge in [-0.05, 0) is 0 Å². The highest BCUT2D eigenvalue weighted by atomic mass is 32.1. The molecule has 0 aliphatic rings. The second kappa shape index (κ2) is 6.90. The zero-order valence-corrected chi connectivity index (χ0v) is 6.43. The lowest BCUT2D eigenvalue weighted by Crippen LogP contribution is -2.34. The van der Waals surface area contributed by atoms with Crippen molar-refractivity contribution in [3.8, 4) is 0 Å². The van der Waals surface area contributed by atoms with Gasteiger partial charge in [0.2, 0.25) is 0 Å². The summed E-state index contributed by atoms with van der Waals surface area (Å²) in [7, 11) is 0. The number of esters is 2. The predicted octanol–water partition coefficient (Wildman–Crippen LogP) is -1.58. The molecule has 1 unspecified atom stereocenters. The zero-order valence-electron chi connectivity index (χ0n) is 5.53. The van der Waals surface area contributed by atoms with Crippen LogP contribution in [0.3, 0.4) is 0 Å². The molecule has 6 heteroatoms. The topological polar surface area (TPSA) is 69.4 Å². The van der Waals surface area contributed by atoms with E-state index in [0.29, 0.717) is 0 Å². The Balaban J connectivity index is 0. The molecule has 0 aromatic rings. The molecule has 1 atom stereocenters. The Morgan fingerprint density at radius 2 is 2.09 bits per heavy atom. The molecule has 0 amide bonds. The molecule has 4 nitrogen and oxygen atoms in total. The van der Waals surface area contributed by atoms with Gasteiger partial charge in [0.25, 0.3) is 0 Å². The molecule has 0 bridgehead atoms. The number of hydrogen-bond acceptors (Lipinski definition) is 5. The van der Waals surface area contributed by atoms with Crippen molar-refractivity contribution in [3.05, 3.63) is 0 Å². The van der Waals surface area contributed by atoms with Gasteiger partial charge < -0.3 is 10.5 Å². The van der Waals surface area contributed by atoms with Gasteiger partial charge in [-0.3, -0.25) is 4.79 Å². The highest BCUT2D eigenvalue weighted by Crippen LogP contribution is 1.88. The molecule has 0 aromatic heterocycles. The fourth-order valence-electron chi connectivity index (χ4n) is 0.292. The molecular formula is C5H11MgNO3S. The normalized spacial score (nSPS) is 11.2. The van der Waals surface area contributed by atoms with E-state index in [2.05, 4.69) is 17.4 Å². The first-order chi connectivity index (χ1) is 4.57. The lowest BCUT2D eigenvalue weighted by atomic mass is 10.4. The summed E-state index contributed by atoms with van der Waals surface area (Å²) in [6, 6.07) is -0.813. The van der Waals surface area contributed by atoms with Crippen LogP contribution in [-0.4, -0.2) is 46.8 Å².